The Morgan fingerprint density at radius 3 is 2.74 bits per heavy atom. The third-order valence-electron chi connectivity index (χ3n) is 3.49. The maximum Gasteiger partial charge on any atom is 0.412 e. The Morgan fingerprint density at radius 1 is 1.26 bits per heavy atom. The van der Waals surface area contributed by atoms with Gasteiger partial charge in [-0.1, -0.05) is 6.07 Å². The van der Waals surface area contributed by atoms with E-state index in [0.29, 0.717) is 0 Å². The Balaban J connectivity index is 2.14. The van der Waals surface area contributed by atoms with E-state index in [2.05, 4.69) is 22.0 Å². The average molecular weight is 256 g/mol. The van der Waals surface area contributed by atoms with Crippen LogP contribution >= 0.6 is 0 Å². The maximum absolute atomic E-state index is 11.5. The van der Waals surface area contributed by atoms with E-state index in [9.17, 15) is 4.79 Å². The summed E-state index contributed by atoms with van der Waals surface area (Å²) in [4.78, 5) is 11.5. The van der Waals surface area contributed by atoms with E-state index in [1.54, 1.807) is 0 Å². The van der Waals surface area contributed by atoms with Gasteiger partial charge in [-0.05, 0) is 43.7 Å². The molecule has 0 bridgehead atoms. The van der Waals surface area contributed by atoms with Gasteiger partial charge in [0.2, 0.25) is 0 Å². The molecule has 0 unspecified atom stereocenters. The SMILES string of the molecule is Cn1cccc1-c1ccc2c(c1)C(C)(C)OC(=O)N2. The van der Waals surface area contributed by atoms with Crippen LogP contribution in [0.5, 0.6) is 0 Å². The van der Waals surface area contributed by atoms with Gasteiger partial charge in [0.1, 0.15) is 5.60 Å². The summed E-state index contributed by atoms with van der Waals surface area (Å²) >= 11 is 0. The monoisotopic (exact) mass is 256 g/mol. The second kappa shape index (κ2) is 3.88. The molecule has 19 heavy (non-hydrogen) atoms. The van der Waals surface area contributed by atoms with Crippen molar-refractivity contribution in [1.29, 1.82) is 0 Å². The zero-order valence-electron chi connectivity index (χ0n) is 11.2. The van der Waals surface area contributed by atoms with Crippen LogP contribution in [-0.2, 0) is 17.4 Å². The van der Waals surface area contributed by atoms with E-state index in [0.717, 1.165) is 22.5 Å². The van der Waals surface area contributed by atoms with E-state index in [1.807, 2.05) is 45.3 Å². The lowest BCUT2D eigenvalue weighted by Crippen LogP contribution is -2.34. The van der Waals surface area contributed by atoms with Gasteiger partial charge in [-0.2, -0.15) is 0 Å². The van der Waals surface area contributed by atoms with Crippen LogP contribution in [0.25, 0.3) is 11.3 Å². The zero-order valence-corrected chi connectivity index (χ0v) is 11.2. The molecule has 0 fully saturated rings. The van der Waals surface area contributed by atoms with Crippen molar-refractivity contribution in [2.24, 2.45) is 7.05 Å². The fourth-order valence-corrected chi connectivity index (χ4v) is 2.49. The molecule has 0 aliphatic carbocycles. The Labute approximate surface area is 112 Å². The summed E-state index contributed by atoms with van der Waals surface area (Å²) in [5, 5.41) is 2.73. The van der Waals surface area contributed by atoms with Gasteiger partial charge in [-0.15, -0.1) is 0 Å². The lowest BCUT2D eigenvalue weighted by Gasteiger charge is -2.32. The molecule has 2 aromatic rings. The van der Waals surface area contributed by atoms with E-state index in [-0.39, 0.29) is 0 Å². The summed E-state index contributed by atoms with van der Waals surface area (Å²) in [6, 6.07) is 10.1. The van der Waals surface area contributed by atoms with E-state index in [4.69, 9.17) is 4.74 Å². The fraction of sp³-hybridized carbons (Fsp3) is 0.267. The zero-order chi connectivity index (χ0) is 13.6. The molecule has 1 aliphatic rings. The highest BCUT2D eigenvalue weighted by Gasteiger charge is 2.33. The second-order valence-electron chi connectivity index (χ2n) is 5.29. The highest BCUT2D eigenvalue weighted by molar-refractivity contribution is 5.89. The number of nitrogens with zero attached hydrogens (tertiary/aromatic N) is 1. The molecule has 0 saturated heterocycles. The van der Waals surface area contributed by atoms with Crippen molar-refractivity contribution >= 4 is 11.8 Å². The Bertz CT molecular complexity index is 656. The van der Waals surface area contributed by atoms with Crippen LogP contribution < -0.4 is 5.32 Å². The topological polar surface area (TPSA) is 43.3 Å². The number of benzene rings is 1. The largest absolute Gasteiger partial charge is 0.438 e. The van der Waals surface area contributed by atoms with Crippen molar-refractivity contribution < 1.29 is 9.53 Å². The molecule has 3 rings (SSSR count). The lowest BCUT2D eigenvalue weighted by atomic mass is 9.92. The fourth-order valence-electron chi connectivity index (χ4n) is 2.49. The molecule has 1 amide bonds. The molecule has 0 atom stereocenters. The summed E-state index contributed by atoms with van der Waals surface area (Å²) < 4.78 is 7.41. The van der Waals surface area contributed by atoms with Gasteiger partial charge in [0.15, 0.2) is 0 Å². The molecule has 4 nitrogen and oxygen atoms in total. The van der Waals surface area contributed by atoms with E-state index < -0.39 is 11.7 Å². The molecule has 1 aliphatic heterocycles. The molecule has 1 aromatic heterocycles. The summed E-state index contributed by atoms with van der Waals surface area (Å²) in [6.45, 7) is 3.80. The number of anilines is 1. The number of amides is 1. The van der Waals surface area contributed by atoms with Crippen LogP contribution in [0.15, 0.2) is 36.5 Å². The second-order valence-corrected chi connectivity index (χ2v) is 5.29. The number of aryl methyl sites for hydroxylation is 1. The number of ether oxygens (including phenoxy) is 1. The van der Waals surface area contributed by atoms with Crippen LogP contribution in [0.3, 0.4) is 0 Å². The number of nitrogens with one attached hydrogen (secondary N) is 1. The number of carbonyl (C=O) groups is 1. The third kappa shape index (κ3) is 1.89. The highest BCUT2D eigenvalue weighted by Crippen LogP contribution is 2.37. The summed E-state index contributed by atoms with van der Waals surface area (Å²) in [5.41, 5.74) is 3.44. The molecule has 1 aromatic carbocycles. The first-order chi connectivity index (χ1) is 8.97. The van der Waals surface area contributed by atoms with Crippen molar-refractivity contribution in [3.8, 4) is 11.3 Å². The molecule has 0 saturated carbocycles. The summed E-state index contributed by atoms with van der Waals surface area (Å²) in [7, 11) is 2.01. The number of aromatic nitrogens is 1. The number of carbonyl (C=O) groups excluding carboxylic acids is 1. The minimum Gasteiger partial charge on any atom is -0.438 e. The highest BCUT2D eigenvalue weighted by atomic mass is 16.6. The molecular formula is C15H16N2O2. The predicted octanol–water partition coefficient (Wildman–Crippen LogP) is 3.49. The minimum absolute atomic E-state index is 0.399. The van der Waals surface area contributed by atoms with Crippen molar-refractivity contribution in [2.75, 3.05) is 5.32 Å². The quantitative estimate of drug-likeness (QED) is 0.848. The molecule has 0 spiro atoms. The number of hydrogen-bond acceptors (Lipinski definition) is 2. The number of rotatable bonds is 1. The number of cyclic esters (lactones) is 1. The molecule has 4 heteroatoms. The van der Waals surface area contributed by atoms with Crippen LogP contribution in [0.2, 0.25) is 0 Å². The molecule has 98 valence electrons. The lowest BCUT2D eigenvalue weighted by molar-refractivity contribution is 0.0421. The Hall–Kier alpha value is -2.23. The maximum atomic E-state index is 11.5. The Morgan fingerprint density at radius 2 is 2.05 bits per heavy atom. The van der Waals surface area contributed by atoms with Gasteiger partial charge in [0.05, 0.1) is 5.69 Å². The standard InChI is InChI=1S/C15H16N2O2/c1-15(2)11-9-10(13-5-4-8-17(13)3)6-7-12(11)16-14(18)19-15/h4-9H,1-3H3,(H,16,18). The number of hydrogen-bond donors (Lipinski definition) is 1. The van der Waals surface area contributed by atoms with E-state index >= 15 is 0 Å². The van der Waals surface area contributed by atoms with Crippen LogP contribution in [0.4, 0.5) is 10.5 Å². The van der Waals surface area contributed by atoms with Gasteiger partial charge in [0.25, 0.3) is 0 Å². The van der Waals surface area contributed by atoms with Crippen molar-refractivity contribution in [3.05, 3.63) is 42.1 Å². The van der Waals surface area contributed by atoms with Crippen molar-refractivity contribution in [1.82, 2.24) is 4.57 Å². The minimum atomic E-state index is -0.612. The molecule has 1 N–H and O–H groups in total. The molecule has 2 heterocycles. The van der Waals surface area contributed by atoms with Gasteiger partial charge in [0, 0.05) is 24.5 Å². The summed E-state index contributed by atoms with van der Waals surface area (Å²) in [5.74, 6) is 0. The predicted molar refractivity (Wildman–Crippen MR) is 74.0 cm³/mol. The van der Waals surface area contributed by atoms with Crippen LogP contribution in [0.1, 0.15) is 19.4 Å². The summed E-state index contributed by atoms with van der Waals surface area (Å²) in [6.07, 6.45) is 1.61. The van der Waals surface area contributed by atoms with E-state index in [1.165, 1.54) is 0 Å². The van der Waals surface area contributed by atoms with Crippen LogP contribution in [-0.4, -0.2) is 10.7 Å². The first-order valence-electron chi connectivity index (χ1n) is 6.23. The molecular weight excluding hydrogens is 240 g/mol. The van der Waals surface area contributed by atoms with Crippen LogP contribution in [0, 0.1) is 0 Å². The van der Waals surface area contributed by atoms with Gasteiger partial charge < -0.3 is 9.30 Å². The smallest absolute Gasteiger partial charge is 0.412 e. The van der Waals surface area contributed by atoms with Gasteiger partial charge in [-0.3, -0.25) is 5.32 Å². The average Bonchev–Trinajstić information content (AvgIpc) is 2.74. The molecule has 0 radical (unpaired) electrons. The first-order valence-corrected chi connectivity index (χ1v) is 6.23. The third-order valence-corrected chi connectivity index (χ3v) is 3.49. The van der Waals surface area contributed by atoms with Gasteiger partial charge >= 0.3 is 6.09 Å². The first kappa shape index (κ1) is 11.8. The van der Waals surface area contributed by atoms with Crippen molar-refractivity contribution in [3.63, 3.8) is 0 Å². The normalized spacial score (nSPS) is 16.5. The van der Waals surface area contributed by atoms with Gasteiger partial charge in [-0.25, -0.2) is 4.79 Å². The number of fused-ring (bicyclic) bond motifs is 1. The van der Waals surface area contributed by atoms with Crippen molar-refractivity contribution in [2.45, 2.75) is 19.4 Å². The Kier molecular flexibility index (Phi) is 2.42.